The van der Waals surface area contributed by atoms with Crippen molar-refractivity contribution >= 4 is 16.9 Å². The average Bonchev–Trinajstić information content (AvgIpc) is 2.87. The van der Waals surface area contributed by atoms with E-state index in [4.69, 9.17) is 9.15 Å². The summed E-state index contributed by atoms with van der Waals surface area (Å²) < 4.78 is 10.6. The van der Waals surface area contributed by atoms with Gasteiger partial charge in [0.25, 0.3) is 0 Å². The number of quaternary nitrogens is 1. The van der Waals surface area contributed by atoms with Crippen LogP contribution in [-0.4, -0.2) is 30.8 Å². The van der Waals surface area contributed by atoms with Crippen LogP contribution in [0.4, 0.5) is 0 Å². The monoisotopic (exact) mass is 318 g/mol. The van der Waals surface area contributed by atoms with Gasteiger partial charge in [-0.2, -0.15) is 0 Å². The minimum Gasteiger partial charge on any atom is -0.507 e. The molecule has 23 heavy (non-hydrogen) atoms. The second-order valence-corrected chi connectivity index (χ2v) is 6.44. The van der Waals surface area contributed by atoms with Crippen molar-refractivity contribution in [2.75, 3.05) is 13.7 Å². The van der Waals surface area contributed by atoms with Crippen molar-refractivity contribution < 1.29 is 24.0 Å². The van der Waals surface area contributed by atoms with Gasteiger partial charge in [0.2, 0.25) is 0 Å². The van der Waals surface area contributed by atoms with Gasteiger partial charge in [0.15, 0.2) is 0 Å². The molecule has 1 unspecified atom stereocenters. The summed E-state index contributed by atoms with van der Waals surface area (Å²) in [5, 5.41) is 11.1. The summed E-state index contributed by atoms with van der Waals surface area (Å²) in [6.07, 6.45) is 3.66. The number of nitrogens with one attached hydrogen (secondary N) is 1. The topological polar surface area (TPSA) is 64.1 Å². The Labute approximate surface area is 135 Å². The highest BCUT2D eigenvalue weighted by atomic mass is 16.5. The molecule has 0 aliphatic carbocycles. The molecule has 5 heteroatoms. The molecule has 0 saturated carbocycles. The third-order valence-corrected chi connectivity index (χ3v) is 4.99. The third kappa shape index (κ3) is 2.81. The minimum atomic E-state index is -0.421. The van der Waals surface area contributed by atoms with E-state index in [9.17, 15) is 9.90 Å². The van der Waals surface area contributed by atoms with Crippen LogP contribution >= 0.6 is 0 Å². The number of hydrogen-bond acceptors (Lipinski definition) is 4. The Hall–Kier alpha value is -2.01. The molecule has 124 valence electrons. The van der Waals surface area contributed by atoms with Crippen molar-refractivity contribution in [2.24, 2.45) is 0 Å². The first-order valence-corrected chi connectivity index (χ1v) is 8.19. The Bertz CT molecular complexity index is 734. The summed E-state index contributed by atoms with van der Waals surface area (Å²) in [4.78, 5) is 13.6. The zero-order valence-electron chi connectivity index (χ0n) is 13.9. The highest BCUT2D eigenvalue weighted by Crippen LogP contribution is 2.34. The lowest BCUT2D eigenvalue weighted by molar-refractivity contribution is -0.941. The van der Waals surface area contributed by atoms with E-state index in [-0.39, 0.29) is 5.75 Å². The van der Waals surface area contributed by atoms with Crippen LogP contribution in [0, 0.1) is 6.92 Å². The van der Waals surface area contributed by atoms with Gasteiger partial charge >= 0.3 is 5.97 Å². The molecule has 3 rings (SSSR count). The number of piperidine rings is 1. The molecule has 1 aromatic carbocycles. The lowest BCUT2D eigenvalue weighted by Gasteiger charge is -2.30. The normalized spacial score (nSPS) is 21.5. The standard InChI is InChI=1S/C18H23NO4/c1-11-6-4-5-9-19(11)10-13-14(20)7-8-15-17(13)16(12(2)23-15)18(21)22-3/h7-8,11,20H,4-6,9-10H2,1-3H3/p+1/t11-/m1/s1. The molecule has 0 radical (unpaired) electrons. The number of furan rings is 1. The van der Waals surface area contributed by atoms with Crippen molar-refractivity contribution in [2.45, 2.75) is 45.7 Å². The number of hydrogen-bond donors (Lipinski definition) is 2. The van der Waals surface area contributed by atoms with Gasteiger partial charge in [-0.05, 0) is 45.2 Å². The fourth-order valence-electron chi connectivity index (χ4n) is 3.64. The van der Waals surface area contributed by atoms with Gasteiger partial charge in [0.1, 0.15) is 29.2 Å². The highest BCUT2D eigenvalue weighted by Gasteiger charge is 2.28. The Morgan fingerprint density at radius 2 is 2.22 bits per heavy atom. The highest BCUT2D eigenvalue weighted by molar-refractivity contribution is 6.06. The summed E-state index contributed by atoms with van der Waals surface area (Å²) in [5.41, 5.74) is 1.83. The maximum atomic E-state index is 12.2. The molecule has 0 spiro atoms. The van der Waals surface area contributed by atoms with E-state index < -0.39 is 5.97 Å². The number of phenols is 1. The van der Waals surface area contributed by atoms with E-state index in [1.807, 2.05) is 0 Å². The Morgan fingerprint density at radius 3 is 2.91 bits per heavy atom. The van der Waals surface area contributed by atoms with Crippen molar-refractivity contribution in [3.8, 4) is 5.75 Å². The van der Waals surface area contributed by atoms with Crippen LogP contribution in [0.5, 0.6) is 5.75 Å². The second kappa shape index (κ2) is 6.24. The van der Waals surface area contributed by atoms with Crippen molar-refractivity contribution in [3.63, 3.8) is 0 Å². The number of fused-ring (bicyclic) bond motifs is 1. The molecule has 1 aliphatic heterocycles. The lowest BCUT2D eigenvalue weighted by Crippen LogP contribution is -3.14. The summed E-state index contributed by atoms with van der Waals surface area (Å²) in [6, 6.07) is 3.91. The van der Waals surface area contributed by atoms with Crippen LogP contribution in [-0.2, 0) is 11.3 Å². The summed E-state index contributed by atoms with van der Waals surface area (Å²) in [7, 11) is 1.36. The number of benzene rings is 1. The molecular weight excluding hydrogens is 294 g/mol. The van der Waals surface area contributed by atoms with Crippen LogP contribution in [0.1, 0.15) is 47.9 Å². The first-order valence-electron chi connectivity index (χ1n) is 8.19. The van der Waals surface area contributed by atoms with Gasteiger partial charge < -0.3 is 19.2 Å². The summed E-state index contributed by atoms with van der Waals surface area (Å²) in [6.45, 7) is 5.77. The summed E-state index contributed by atoms with van der Waals surface area (Å²) in [5.74, 6) is 0.323. The number of carbonyl (C=O) groups is 1. The number of aryl methyl sites for hydroxylation is 1. The van der Waals surface area contributed by atoms with Crippen LogP contribution in [0.15, 0.2) is 16.5 Å². The number of esters is 1. The predicted molar refractivity (Wildman–Crippen MR) is 86.8 cm³/mol. The van der Waals surface area contributed by atoms with Gasteiger partial charge in [0, 0.05) is 5.39 Å². The molecule has 5 nitrogen and oxygen atoms in total. The van der Waals surface area contributed by atoms with Crippen LogP contribution in [0.25, 0.3) is 11.0 Å². The van der Waals surface area contributed by atoms with Gasteiger partial charge in [-0.15, -0.1) is 0 Å². The van der Waals surface area contributed by atoms with E-state index in [1.165, 1.54) is 31.3 Å². The maximum absolute atomic E-state index is 12.2. The fourth-order valence-corrected chi connectivity index (χ4v) is 3.64. The molecule has 0 amide bonds. The predicted octanol–water partition coefficient (Wildman–Crippen LogP) is 2.19. The zero-order valence-corrected chi connectivity index (χ0v) is 13.9. The number of likely N-dealkylation sites (tertiary alicyclic amines) is 1. The minimum absolute atomic E-state index is 0.216. The number of aromatic hydroxyl groups is 1. The molecule has 0 bridgehead atoms. The SMILES string of the molecule is COC(=O)c1c(C)oc2ccc(O)c(C[NH+]3CCCC[C@H]3C)c12. The van der Waals surface area contributed by atoms with E-state index in [0.29, 0.717) is 34.9 Å². The van der Waals surface area contributed by atoms with Crippen LogP contribution < -0.4 is 4.90 Å². The second-order valence-electron chi connectivity index (χ2n) is 6.44. The summed E-state index contributed by atoms with van der Waals surface area (Å²) >= 11 is 0. The number of carbonyl (C=O) groups excluding carboxylic acids is 1. The van der Waals surface area contributed by atoms with Crippen LogP contribution in [0.2, 0.25) is 0 Å². The van der Waals surface area contributed by atoms with E-state index in [2.05, 4.69) is 6.92 Å². The molecule has 2 heterocycles. The Kier molecular flexibility index (Phi) is 4.31. The maximum Gasteiger partial charge on any atom is 0.342 e. The number of rotatable bonds is 3. The van der Waals surface area contributed by atoms with Crippen molar-refractivity contribution in [1.29, 1.82) is 0 Å². The average molecular weight is 318 g/mol. The molecule has 1 aliphatic rings. The largest absolute Gasteiger partial charge is 0.507 e. The number of ether oxygens (including phenoxy) is 1. The van der Waals surface area contributed by atoms with Gasteiger partial charge in [-0.1, -0.05) is 0 Å². The molecule has 1 saturated heterocycles. The number of methoxy groups -OCH3 is 1. The molecular formula is C18H24NO4+. The lowest BCUT2D eigenvalue weighted by atomic mass is 9.99. The molecule has 1 fully saturated rings. The quantitative estimate of drug-likeness (QED) is 0.852. The molecule has 2 N–H and O–H groups in total. The van der Waals surface area contributed by atoms with Gasteiger partial charge in [-0.3, -0.25) is 0 Å². The first kappa shape index (κ1) is 15.9. The van der Waals surface area contributed by atoms with Gasteiger partial charge in [-0.25, -0.2) is 4.79 Å². The van der Waals surface area contributed by atoms with E-state index in [0.717, 1.165) is 12.1 Å². The smallest absolute Gasteiger partial charge is 0.342 e. The van der Waals surface area contributed by atoms with Crippen molar-refractivity contribution in [1.82, 2.24) is 0 Å². The zero-order chi connectivity index (χ0) is 16.6. The van der Waals surface area contributed by atoms with E-state index >= 15 is 0 Å². The molecule has 2 atom stereocenters. The van der Waals surface area contributed by atoms with Crippen LogP contribution in [0.3, 0.4) is 0 Å². The third-order valence-electron chi connectivity index (χ3n) is 4.99. The van der Waals surface area contributed by atoms with Crippen molar-refractivity contribution in [3.05, 3.63) is 29.0 Å². The Morgan fingerprint density at radius 1 is 1.43 bits per heavy atom. The molecule has 2 aromatic rings. The fraction of sp³-hybridized carbons (Fsp3) is 0.500. The Balaban J connectivity index is 2.11. The van der Waals surface area contributed by atoms with E-state index in [1.54, 1.807) is 19.1 Å². The first-order chi connectivity index (χ1) is 11.0. The van der Waals surface area contributed by atoms with Gasteiger partial charge in [0.05, 0.1) is 25.3 Å². The number of phenolic OH excluding ortho intramolecular Hbond substituents is 1. The molecule has 1 aromatic heterocycles.